The van der Waals surface area contributed by atoms with E-state index in [9.17, 15) is 9.90 Å². The van der Waals surface area contributed by atoms with Gasteiger partial charge in [-0.05, 0) is 38.7 Å². The number of alkyl carbamates (subject to hydrolysis) is 1. The van der Waals surface area contributed by atoms with E-state index in [1.165, 1.54) is 0 Å². The predicted molar refractivity (Wildman–Crippen MR) is 88.9 cm³/mol. The molecule has 1 aromatic rings. The molecule has 4 heteroatoms. The largest absolute Gasteiger partial charge is 0.444 e. The van der Waals surface area contributed by atoms with Crippen LogP contribution in [-0.2, 0) is 10.2 Å². The lowest BCUT2D eigenvalue weighted by atomic mass is 9.75. The van der Waals surface area contributed by atoms with E-state index >= 15 is 0 Å². The fraction of sp³-hybridized carbons (Fsp3) is 0.611. The summed E-state index contributed by atoms with van der Waals surface area (Å²) in [6.07, 6.45) is 0.327. The highest BCUT2D eigenvalue weighted by Crippen LogP contribution is 2.30. The Balaban J connectivity index is 2.90. The van der Waals surface area contributed by atoms with E-state index in [0.717, 1.165) is 12.0 Å². The third-order valence-electron chi connectivity index (χ3n) is 3.46. The molecule has 0 aliphatic heterocycles. The van der Waals surface area contributed by atoms with Gasteiger partial charge in [-0.1, -0.05) is 44.2 Å². The number of carbonyl (C=O) groups is 1. The van der Waals surface area contributed by atoms with Crippen molar-refractivity contribution in [2.24, 2.45) is 5.92 Å². The molecule has 0 aromatic heterocycles. The Morgan fingerprint density at radius 1 is 1.23 bits per heavy atom. The number of amides is 1. The first-order valence-corrected chi connectivity index (χ1v) is 7.82. The minimum absolute atomic E-state index is 0.0228. The zero-order chi connectivity index (χ0) is 16.8. The van der Waals surface area contributed by atoms with Gasteiger partial charge in [0.15, 0.2) is 0 Å². The van der Waals surface area contributed by atoms with Crippen LogP contribution < -0.4 is 5.32 Å². The number of aliphatic hydroxyl groups is 1. The van der Waals surface area contributed by atoms with Gasteiger partial charge in [0.05, 0.1) is 6.61 Å². The third-order valence-corrected chi connectivity index (χ3v) is 3.46. The molecule has 1 amide bonds. The monoisotopic (exact) mass is 307 g/mol. The lowest BCUT2D eigenvalue weighted by Gasteiger charge is -2.34. The van der Waals surface area contributed by atoms with E-state index in [-0.39, 0.29) is 6.61 Å². The highest BCUT2D eigenvalue weighted by molar-refractivity contribution is 5.67. The summed E-state index contributed by atoms with van der Waals surface area (Å²) in [5, 5.41) is 12.8. The number of hydrogen-bond donors (Lipinski definition) is 2. The van der Waals surface area contributed by atoms with Crippen LogP contribution in [0.15, 0.2) is 30.3 Å². The maximum atomic E-state index is 11.9. The zero-order valence-electron chi connectivity index (χ0n) is 14.3. The highest BCUT2D eigenvalue weighted by atomic mass is 16.6. The van der Waals surface area contributed by atoms with E-state index in [2.05, 4.69) is 19.2 Å². The van der Waals surface area contributed by atoms with Gasteiger partial charge in [0.2, 0.25) is 0 Å². The Hall–Kier alpha value is -1.55. The van der Waals surface area contributed by atoms with Crippen LogP contribution >= 0.6 is 0 Å². The van der Waals surface area contributed by atoms with Crippen LogP contribution in [0.2, 0.25) is 0 Å². The summed E-state index contributed by atoms with van der Waals surface area (Å²) in [5.41, 5.74) is 0.00515. The van der Waals surface area contributed by atoms with E-state index < -0.39 is 17.1 Å². The van der Waals surface area contributed by atoms with E-state index in [1.54, 1.807) is 0 Å². The topological polar surface area (TPSA) is 58.6 Å². The predicted octanol–water partition coefficient (Wildman–Crippen LogP) is 3.49. The maximum absolute atomic E-state index is 11.9. The summed E-state index contributed by atoms with van der Waals surface area (Å²) in [7, 11) is 0. The zero-order valence-corrected chi connectivity index (χ0v) is 14.3. The molecule has 1 atom stereocenters. The molecule has 0 radical (unpaired) electrons. The second-order valence-corrected chi connectivity index (χ2v) is 7.26. The second kappa shape index (κ2) is 7.63. The molecular formula is C18H29NO3. The molecule has 1 rings (SSSR count). The van der Waals surface area contributed by atoms with Crippen molar-refractivity contribution in [3.63, 3.8) is 0 Å². The van der Waals surface area contributed by atoms with E-state index in [1.807, 2.05) is 51.1 Å². The highest BCUT2D eigenvalue weighted by Gasteiger charge is 2.33. The molecule has 22 heavy (non-hydrogen) atoms. The lowest BCUT2D eigenvalue weighted by molar-refractivity contribution is 0.0496. The van der Waals surface area contributed by atoms with Crippen LogP contribution in [0, 0.1) is 5.92 Å². The number of aliphatic hydroxyl groups excluding tert-OH is 1. The first-order valence-electron chi connectivity index (χ1n) is 7.82. The number of hydrogen-bond acceptors (Lipinski definition) is 3. The number of ether oxygens (including phenoxy) is 1. The van der Waals surface area contributed by atoms with Crippen molar-refractivity contribution in [1.82, 2.24) is 5.32 Å². The molecular weight excluding hydrogens is 278 g/mol. The molecule has 0 spiro atoms. The normalized spacial score (nSPS) is 14.5. The fourth-order valence-electron chi connectivity index (χ4n) is 2.63. The van der Waals surface area contributed by atoms with Gasteiger partial charge in [-0.15, -0.1) is 0 Å². The van der Waals surface area contributed by atoms with Gasteiger partial charge in [-0.2, -0.15) is 0 Å². The molecule has 0 aliphatic carbocycles. The van der Waals surface area contributed by atoms with Crippen LogP contribution in [0.1, 0.15) is 46.6 Å². The van der Waals surface area contributed by atoms with Gasteiger partial charge >= 0.3 is 6.09 Å². The summed E-state index contributed by atoms with van der Waals surface area (Å²) < 4.78 is 5.29. The van der Waals surface area contributed by atoms with Crippen LogP contribution in [0.4, 0.5) is 4.79 Å². The number of carbonyl (C=O) groups excluding carboxylic acids is 1. The molecule has 1 aromatic carbocycles. The summed E-state index contributed by atoms with van der Waals surface area (Å²) >= 11 is 0. The SMILES string of the molecule is CC(C)CC(CO)(CNC(=O)OC(C)(C)C)c1ccccc1. The molecule has 0 bridgehead atoms. The summed E-state index contributed by atoms with van der Waals surface area (Å²) in [6, 6.07) is 9.84. The minimum atomic E-state index is -0.531. The van der Waals surface area contributed by atoms with Crippen molar-refractivity contribution in [2.45, 2.75) is 52.1 Å². The second-order valence-electron chi connectivity index (χ2n) is 7.26. The average molecular weight is 307 g/mol. The Bertz CT molecular complexity index is 465. The van der Waals surface area contributed by atoms with Crippen molar-refractivity contribution in [1.29, 1.82) is 0 Å². The lowest BCUT2D eigenvalue weighted by Crippen LogP contribution is -2.45. The number of nitrogens with one attached hydrogen (secondary N) is 1. The van der Waals surface area contributed by atoms with Crippen molar-refractivity contribution >= 4 is 6.09 Å². The Morgan fingerprint density at radius 2 is 1.82 bits per heavy atom. The summed E-state index contributed by atoms with van der Waals surface area (Å²) in [5.74, 6) is 0.396. The van der Waals surface area contributed by atoms with Crippen LogP contribution in [0.3, 0.4) is 0 Å². The standard InChI is InChI=1S/C18H29NO3/c1-14(2)11-18(13-20,15-9-7-6-8-10-15)12-19-16(21)22-17(3,4)5/h6-10,14,20H,11-13H2,1-5H3,(H,19,21). The van der Waals surface area contributed by atoms with Gasteiger partial charge in [0.1, 0.15) is 5.60 Å². The Kier molecular flexibility index (Phi) is 6.42. The first-order chi connectivity index (χ1) is 10.2. The van der Waals surface area contributed by atoms with Crippen molar-refractivity contribution in [3.05, 3.63) is 35.9 Å². The molecule has 0 heterocycles. The fourth-order valence-corrected chi connectivity index (χ4v) is 2.63. The van der Waals surface area contributed by atoms with Gasteiger partial charge in [-0.25, -0.2) is 4.79 Å². The van der Waals surface area contributed by atoms with Crippen molar-refractivity contribution in [3.8, 4) is 0 Å². The van der Waals surface area contributed by atoms with Crippen LogP contribution in [-0.4, -0.2) is 30.0 Å². The maximum Gasteiger partial charge on any atom is 0.407 e. The Morgan fingerprint density at radius 3 is 2.27 bits per heavy atom. The minimum Gasteiger partial charge on any atom is -0.444 e. The molecule has 1 unspecified atom stereocenters. The molecule has 0 saturated heterocycles. The van der Waals surface area contributed by atoms with Crippen LogP contribution in [0.25, 0.3) is 0 Å². The van der Waals surface area contributed by atoms with Crippen LogP contribution in [0.5, 0.6) is 0 Å². The smallest absolute Gasteiger partial charge is 0.407 e. The molecule has 0 saturated carbocycles. The molecule has 4 nitrogen and oxygen atoms in total. The third kappa shape index (κ3) is 5.68. The first kappa shape index (κ1) is 18.5. The molecule has 124 valence electrons. The van der Waals surface area contributed by atoms with Crippen molar-refractivity contribution < 1.29 is 14.6 Å². The number of benzene rings is 1. The van der Waals surface area contributed by atoms with Gasteiger partial charge in [0, 0.05) is 12.0 Å². The van der Waals surface area contributed by atoms with Crippen molar-refractivity contribution in [2.75, 3.05) is 13.2 Å². The number of rotatable bonds is 6. The van der Waals surface area contributed by atoms with Gasteiger partial charge in [0.25, 0.3) is 0 Å². The van der Waals surface area contributed by atoms with Gasteiger partial charge in [-0.3, -0.25) is 0 Å². The average Bonchev–Trinajstić information content (AvgIpc) is 2.42. The Labute approximate surface area is 133 Å². The van der Waals surface area contributed by atoms with E-state index in [4.69, 9.17) is 4.74 Å². The van der Waals surface area contributed by atoms with E-state index in [0.29, 0.717) is 12.5 Å². The summed E-state index contributed by atoms with van der Waals surface area (Å²) in [6.45, 7) is 10.0. The molecule has 2 N–H and O–H groups in total. The molecule has 0 aliphatic rings. The van der Waals surface area contributed by atoms with Gasteiger partial charge < -0.3 is 15.2 Å². The summed E-state index contributed by atoms with van der Waals surface area (Å²) in [4.78, 5) is 11.9. The quantitative estimate of drug-likeness (QED) is 0.846. The molecule has 0 fully saturated rings.